The fraction of sp³-hybridized carbons (Fsp3) is 0.211. The lowest BCUT2D eigenvalue weighted by molar-refractivity contribution is -0.131. The van der Waals surface area contributed by atoms with E-state index in [1.807, 2.05) is 24.3 Å². The van der Waals surface area contributed by atoms with Crippen molar-refractivity contribution < 1.29 is 18.4 Å². The van der Waals surface area contributed by atoms with E-state index < -0.39 is 29.1 Å². The number of carbonyl (C=O) groups excluding carboxylic acids is 2. The number of aryl methyl sites for hydroxylation is 1. The van der Waals surface area contributed by atoms with Gasteiger partial charge in [-0.1, -0.05) is 18.2 Å². The lowest BCUT2D eigenvalue weighted by Crippen LogP contribution is -2.41. The van der Waals surface area contributed by atoms with Crippen LogP contribution in [0, 0.1) is 11.6 Å². The molecule has 2 heterocycles. The van der Waals surface area contributed by atoms with Crippen LogP contribution in [0.4, 0.5) is 13.6 Å². The highest BCUT2D eigenvalue weighted by atomic mass is 19.1. The van der Waals surface area contributed by atoms with Gasteiger partial charge in [0.05, 0.1) is 17.6 Å². The van der Waals surface area contributed by atoms with Crippen molar-refractivity contribution in [3.05, 3.63) is 65.5 Å². The maximum Gasteiger partial charge on any atom is 0.325 e. The third-order valence-electron chi connectivity index (χ3n) is 4.92. The second-order valence-corrected chi connectivity index (χ2v) is 6.65. The van der Waals surface area contributed by atoms with Crippen LogP contribution in [0.25, 0.3) is 11.0 Å². The third-order valence-corrected chi connectivity index (χ3v) is 4.92. The number of aromatic nitrogens is 2. The summed E-state index contributed by atoms with van der Waals surface area (Å²) in [5.41, 5.74) is -0.0875. The number of nitrogens with zero attached hydrogens (tertiary/aromatic N) is 3. The van der Waals surface area contributed by atoms with Crippen molar-refractivity contribution in [3.8, 4) is 0 Å². The zero-order valence-corrected chi connectivity index (χ0v) is 14.7. The summed E-state index contributed by atoms with van der Waals surface area (Å²) in [4.78, 5) is 30.8. The number of hydrogen-bond donors (Lipinski definition) is 1. The third kappa shape index (κ3) is 2.56. The van der Waals surface area contributed by atoms with E-state index in [0.717, 1.165) is 22.0 Å². The molecule has 0 radical (unpaired) electrons. The summed E-state index contributed by atoms with van der Waals surface area (Å²) in [6, 6.07) is 9.70. The number of imidazole rings is 1. The summed E-state index contributed by atoms with van der Waals surface area (Å²) < 4.78 is 29.2. The normalized spacial score (nSPS) is 19.8. The first-order valence-electron chi connectivity index (χ1n) is 8.31. The number of halogens is 2. The Morgan fingerprint density at radius 2 is 1.89 bits per heavy atom. The first kappa shape index (κ1) is 17.1. The van der Waals surface area contributed by atoms with E-state index in [1.165, 1.54) is 13.0 Å². The summed E-state index contributed by atoms with van der Waals surface area (Å²) in [6.45, 7) is 1.34. The molecule has 6 nitrogen and oxygen atoms in total. The van der Waals surface area contributed by atoms with Crippen LogP contribution >= 0.6 is 0 Å². The Hall–Kier alpha value is -3.29. The Morgan fingerprint density at radius 3 is 2.59 bits per heavy atom. The molecule has 2 aromatic carbocycles. The van der Waals surface area contributed by atoms with Crippen molar-refractivity contribution in [2.24, 2.45) is 7.05 Å². The van der Waals surface area contributed by atoms with Crippen molar-refractivity contribution in [2.75, 3.05) is 0 Å². The van der Waals surface area contributed by atoms with Crippen molar-refractivity contribution in [2.45, 2.75) is 19.0 Å². The van der Waals surface area contributed by atoms with E-state index in [4.69, 9.17) is 0 Å². The topological polar surface area (TPSA) is 67.2 Å². The Morgan fingerprint density at radius 1 is 1.15 bits per heavy atom. The molecule has 0 bridgehead atoms. The highest BCUT2D eigenvalue weighted by molar-refractivity contribution is 6.07. The summed E-state index contributed by atoms with van der Waals surface area (Å²) >= 11 is 0. The van der Waals surface area contributed by atoms with Crippen LogP contribution in [0.1, 0.15) is 18.3 Å². The van der Waals surface area contributed by atoms with Gasteiger partial charge in [0.25, 0.3) is 5.91 Å². The van der Waals surface area contributed by atoms with Gasteiger partial charge in [-0.05, 0) is 25.1 Å². The van der Waals surface area contributed by atoms with Gasteiger partial charge in [0.2, 0.25) is 0 Å². The molecular weight excluding hydrogens is 354 g/mol. The van der Waals surface area contributed by atoms with Crippen LogP contribution in [0.3, 0.4) is 0 Å². The number of nitrogens with one attached hydrogen (secondary N) is 1. The molecule has 1 saturated heterocycles. The van der Waals surface area contributed by atoms with Gasteiger partial charge in [0, 0.05) is 18.7 Å². The van der Waals surface area contributed by atoms with Crippen molar-refractivity contribution in [1.29, 1.82) is 0 Å². The fourth-order valence-electron chi connectivity index (χ4n) is 3.40. The van der Waals surface area contributed by atoms with E-state index in [1.54, 1.807) is 11.6 Å². The predicted octanol–water partition coefficient (Wildman–Crippen LogP) is 2.82. The molecule has 1 atom stereocenters. The number of fused-ring (bicyclic) bond motifs is 1. The van der Waals surface area contributed by atoms with Crippen LogP contribution in [-0.4, -0.2) is 26.4 Å². The number of imide groups is 1. The molecule has 3 amide bonds. The minimum absolute atomic E-state index is 0.0613. The van der Waals surface area contributed by atoms with Crippen molar-refractivity contribution in [1.82, 2.24) is 19.8 Å². The smallest absolute Gasteiger partial charge is 0.325 e. The average molecular weight is 370 g/mol. The Kier molecular flexibility index (Phi) is 3.73. The summed E-state index contributed by atoms with van der Waals surface area (Å²) in [5.74, 6) is -1.75. The molecule has 1 aliphatic rings. The molecule has 0 unspecified atom stereocenters. The van der Waals surface area contributed by atoms with Crippen LogP contribution in [0.15, 0.2) is 42.5 Å². The molecule has 27 heavy (non-hydrogen) atoms. The van der Waals surface area contributed by atoms with Crippen molar-refractivity contribution in [3.63, 3.8) is 0 Å². The van der Waals surface area contributed by atoms with Crippen LogP contribution < -0.4 is 5.32 Å². The number of para-hydroxylation sites is 2. The van der Waals surface area contributed by atoms with Gasteiger partial charge in [0.15, 0.2) is 0 Å². The monoisotopic (exact) mass is 370 g/mol. The molecule has 8 heteroatoms. The highest BCUT2D eigenvalue weighted by Crippen LogP contribution is 2.32. The second-order valence-electron chi connectivity index (χ2n) is 6.65. The molecule has 3 aromatic rings. The molecular formula is C19H16F2N4O2. The minimum atomic E-state index is -1.61. The largest absolute Gasteiger partial charge is 0.330 e. The summed E-state index contributed by atoms with van der Waals surface area (Å²) in [7, 11) is 1.79. The molecule has 1 fully saturated rings. The predicted molar refractivity (Wildman–Crippen MR) is 93.5 cm³/mol. The molecule has 0 spiro atoms. The minimum Gasteiger partial charge on any atom is -0.330 e. The summed E-state index contributed by atoms with van der Waals surface area (Å²) in [6.07, 6.45) is 0. The number of hydrogen-bond acceptors (Lipinski definition) is 3. The number of urea groups is 1. The zero-order valence-electron chi connectivity index (χ0n) is 14.7. The van der Waals surface area contributed by atoms with Gasteiger partial charge >= 0.3 is 6.03 Å². The van der Waals surface area contributed by atoms with E-state index in [-0.39, 0.29) is 12.1 Å². The molecule has 138 valence electrons. The number of rotatable bonds is 3. The molecule has 1 aliphatic heterocycles. The molecule has 0 saturated carbocycles. The molecule has 1 aromatic heterocycles. The van der Waals surface area contributed by atoms with Gasteiger partial charge in [-0.25, -0.2) is 18.6 Å². The highest BCUT2D eigenvalue weighted by Gasteiger charge is 2.50. The number of benzene rings is 2. The van der Waals surface area contributed by atoms with E-state index in [0.29, 0.717) is 11.9 Å². The lowest BCUT2D eigenvalue weighted by atomic mass is 9.91. The average Bonchev–Trinajstić information content (AvgIpc) is 3.05. The van der Waals surface area contributed by atoms with E-state index >= 15 is 0 Å². The van der Waals surface area contributed by atoms with Crippen LogP contribution in [0.5, 0.6) is 0 Å². The standard InChI is InChI=1S/C19H16F2N4O2/c1-19(12-8-7-11(20)9-13(12)21)17(26)25(18(27)23-19)10-16-22-14-5-3-4-6-15(14)24(16)2/h3-9H,10H2,1-2H3,(H,23,27)/t19-/m0/s1. The van der Waals surface area contributed by atoms with E-state index in [9.17, 15) is 18.4 Å². The quantitative estimate of drug-likeness (QED) is 0.721. The van der Waals surface area contributed by atoms with E-state index in [2.05, 4.69) is 10.3 Å². The maximum atomic E-state index is 14.2. The SMILES string of the molecule is Cn1c(CN2C(=O)N[C@@](C)(c3ccc(F)cc3F)C2=O)nc2ccccc21. The second kappa shape index (κ2) is 5.87. The van der Waals surface area contributed by atoms with Crippen molar-refractivity contribution >= 4 is 23.0 Å². The Balaban J connectivity index is 1.69. The lowest BCUT2D eigenvalue weighted by Gasteiger charge is -2.22. The van der Waals surface area contributed by atoms with Gasteiger partial charge in [-0.2, -0.15) is 0 Å². The molecule has 0 aliphatic carbocycles. The van der Waals surface area contributed by atoms with Gasteiger partial charge in [-0.15, -0.1) is 0 Å². The zero-order chi connectivity index (χ0) is 19.3. The molecule has 4 rings (SSSR count). The van der Waals surface area contributed by atoms with Gasteiger partial charge in [-0.3, -0.25) is 9.69 Å². The first-order chi connectivity index (χ1) is 12.8. The Bertz CT molecular complexity index is 1090. The number of carbonyl (C=O) groups is 2. The fourth-order valence-corrected chi connectivity index (χ4v) is 3.40. The summed E-state index contributed by atoms with van der Waals surface area (Å²) in [5, 5.41) is 2.52. The van der Waals surface area contributed by atoms with Gasteiger partial charge in [0.1, 0.15) is 23.0 Å². The van der Waals surface area contributed by atoms with Gasteiger partial charge < -0.3 is 9.88 Å². The van der Waals surface area contributed by atoms with Crippen LogP contribution in [0.2, 0.25) is 0 Å². The molecule has 1 N–H and O–H groups in total. The Labute approximate surface area is 153 Å². The first-order valence-corrected chi connectivity index (χ1v) is 8.31. The van der Waals surface area contributed by atoms with Crippen LogP contribution in [-0.2, 0) is 23.9 Å². The maximum absolute atomic E-state index is 14.2. The number of amides is 3.